The summed E-state index contributed by atoms with van der Waals surface area (Å²) in [7, 11) is -3.65. The molecule has 0 radical (unpaired) electrons. The molecule has 1 aliphatic rings. The van der Waals surface area contributed by atoms with Crippen molar-refractivity contribution in [1.82, 2.24) is 0 Å². The van der Waals surface area contributed by atoms with Gasteiger partial charge in [-0.05, 0) is 60.7 Å². The molecule has 1 aliphatic heterocycles. The minimum absolute atomic E-state index is 0.203. The van der Waals surface area contributed by atoms with Crippen LogP contribution >= 0.6 is 0 Å². The average molecular weight is 418 g/mol. The Morgan fingerprint density at radius 1 is 1.07 bits per heavy atom. The lowest BCUT2D eigenvalue weighted by Gasteiger charge is -2.27. The number of nitrogens with zero attached hydrogens (tertiary/aromatic N) is 1. The Balaban J connectivity index is 1.79. The largest absolute Gasteiger partial charge is 0.381 e. The van der Waals surface area contributed by atoms with Crippen LogP contribution in [0.1, 0.15) is 30.5 Å². The Labute approximate surface area is 174 Å². The zero-order valence-corrected chi connectivity index (χ0v) is 18.5. The molecule has 158 valence electrons. The Bertz CT molecular complexity index is 898. The summed E-state index contributed by atoms with van der Waals surface area (Å²) in [6, 6.07) is 12.9. The maximum Gasteiger partial charge on any atom is 0.264 e. The maximum atomic E-state index is 13.4. The van der Waals surface area contributed by atoms with Crippen molar-refractivity contribution in [3.63, 3.8) is 0 Å². The molecule has 0 bridgehead atoms. The molecule has 6 heteroatoms. The summed E-state index contributed by atoms with van der Waals surface area (Å²) in [5.41, 5.74) is 3.78. The Kier molecular flexibility index (Phi) is 6.98. The van der Waals surface area contributed by atoms with Crippen LogP contribution in [-0.4, -0.2) is 34.8 Å². The van der Waals surface area contributed by atoms with Crippen LogP contribution in [-0.2, 0) is 26.1 Å². The lowest BCUT2D eigenvalue weighted by molar-refractivity contribution is -0.0745. The molecular formula is C23H31NO4S. The highest BCUT2D eigenvalue weighted by molar-refractivity contribution is 7.92. The van der Waals surface area contributed by atoms with Crippen molar-refractivity contribution in [1.29, 1.82) is 0 Å². The van der Waals surface area contributed by atoms with Crippen LogP contribution in [0.3, 0.4) is 0 Å². The van der Waals surface area contributed by atoms with E-state index in [9.17, 15) is 8.42 Å². The highest BCUT2D eigenvalue weighted by atomic mass is 32.2. The first-order chi connectivity index (χ1) is 13.8. The van der Waals surface area contributed by atoms with Gasteiger partial charge in [0.15, 0.2) is 0 Å². The number of benzene rings is 2. The van der Waals surface area contributed by atoms with Gasteiger partial charge >= 0.3 is 0 Å². The van der Waals surface area contributed by atoms with Crippen molar-refractivity contribution in [3.8, 4) is 0 Å². The first kappa shape index (κ1) is 21.8. The minimum atomic E-state index is -3.65. The van der Waals surface area contributed by atoms with E-state index in [1.165, 1.54) is 4.31 Å². The Morgan fingerprint density at radius 2 is 1.69 bits per heavy atom. The van der Waals surface area contributed by atoms with E-state index in [2.05, 4.69) is 0 Å². The quantitative estimate of drug-likeness (QED) is 0.610. The van der Waals surface area contributed by atoms with Crippen LogP contribution < -0.4 is 4.31 Å². The van der Waals surface area contributed by atoms with Crippen LogP contribution in [0.4, 0.5) is 5.69 Å². The number of sulfonamides is 1. The van der Waals surface area contributed by atoms with E-state index in [1.54, 1.807) is 12.1 Å². The third kappa shape index (κ3) is 5.59. The molecule has 0 spiro atoms. The molecule has 1 fully saturated rings. The van der Waals surface area contributed by atoms with Crippen molar-refractivity contribution in [2.75, 3.05) is 30.7 Å². The van der Waals surface area contributed by atoms with Gasteiger partial charge in [0.25, 0.3) is 10.0 Å². The molecule has 5 nitrogen and oxygen atoms in total. The van der Waals surface area contributed by atoms with Gasteiger partial charge in [-0.3, -0.25) is 4.31 Å². The summed E-state index contributed by atoms with van der Waals surface area (Å²) in [5, 5.41) is 0. The zero-order valence-electron chi connectivity index (χ0n) is 17.7. The molecule has 2 aromatic carbocycles. The second-order valence-electron chi connectivity index (χ2n) is 8.34. The third-order valence-corrected chi connectivity index (χ3v) is 6.67. The van der Waals surface area contributed by atoms with Gasteiger partial charge in [0.2, 0.25) is 0 Å². The van der Waals surface area contributed by atoms with E-state index in [0.717, 1.165) is 29.9 Å². The number of hydrogen-bond acceptors (Lipinski definition) is 4. The molecule has 1 saturated heterocycles. The molecule has 2 aromatic rings. The van der Waals surface area contributed by atoms with Gasteiger partial charge in [-0.25, -0.2) is 8.42 Å². The van der Waals surface area contributed by atoms with Crippen LogP contribution in [0.25, 0.3) is 0 Å². The second-order valence-corrected chi connectivity index (χ2v) is 10.2. The number of rotatable bonds is 9. The van der Waals surface area contributed by atoms with Gasteiger partial charge in [-0.2, -0.15) is 0 Å². The normalized spacial score (nSPS) is 14.8. The molecular weight excluding hydrogens is 386 g/mol. The standard InChI is InChI=1S/C23H31NO4S/c1-17(2)12-24(22-10-18(3)9-19(4)11-22)29(25,26)23-7-5-20(6-8-23)13-27-14-21-15-28-16-21/h5-11,17,21H,12-16H2,1-4H3. The first-order valence-electron chi connectivity index (χ1n) is 10.1. The van der Waals surface area contributed by atoms with Crippen molar-refractivity contribution < 1.29 is 17.9 Å². The summed E-state index contributed by atoms with van der Waals surface area (Å²) in [6.07, 6.45) is 0. The molecule has 0 aliphatic carbocycles. The first-order valence-corrected chi connectivity index (χ1v) is 11.5. The van der Waals surface area contributed by atoms with Crippen LogP contribution in [0, 0.1) is 25.7 Å². The minimum Gasteiger partial charge on any atom is -0.381 e. The van der Waals surface area contributed by atoms with Gasteiger partial charge in [-0.1, -0.05) is 32.0 Å². The predicted octanol–water partition coefficient (Wildman–Crippen LogP) is 4.32. The average Bonchev–Trinajstić information content (AvgIpc) is 2.61. The van der Waals surface area contributed by atoms with E-state index in [1.807, 2.05) is 58.0 Å². The molecule has 0 unspecified atom stereocenters. The monoisotopic (exact) mass is 417 g/mol. The molecule has 0 atom stereocenters. The summed E-state index contributed by atoms with van der Waals surface area (Å²) >= 11 is 0. The molecule has 0 saturated carbocycles. The van der Waals surface area contributed by atoms with Crippen molar-refractivity contribution in [2.45, 2.75) is 39.2 Å². The second kappa shape index (κ2) is 9.28. The van der Waals surface area contributed by atoms with Gasteiger partial charge in [0, 0.05) is 12.5 Å². The van der Waals surface area contributed by atoms with Crippen LogP contribution in [0.2, 0.25) is 0 Å². The Morgan fingerprint density at radius 3 is 2.21 bits per heavy atom. The SMILES string of the molecule is Cc1cc(C)cc(N(CC(C)C)S(=O)(=O)c2ccc(COCC3COC3)cc2)c1. The third-order valence-electron chi connectivity index (χ3n) is 4.87. The van der Waals surface area contributed by atoms with E-state index in [-0.39, 0.29) is 5.92 Å². The molecule has 1 heterocycles. The zero-order chi connectivity index (χ0) is 21.0. The van der Waals surface area contributed by atoms with Gasteiger partial charge in [0.1, 0.15) is 0 Å². The highest BCUT2D eigenvalue weighted by Crippen LogP contribution is 2.27. The van der Waals surface area contributed by atoms with Crippen molar-refractivity contribution in [2.24, 2.45) is 11.8 Å². The number of anilines is 1. The highest BCUT2D eigenvalue weighted by Gasteiger charge is 2.26. The van der Waals surface area contributed by atoms with Crippen molar-refractivity contribution in [3.05, 3.63) is 59.2 Å². The topological polar surface area (TPSA) is 55.8 Å². The lowest BCUT2D eigenvalue weighted by Crippen LogP contribution is -2.34. The maximum absolute atomic E-state index is 13.4. The summed E-state index contributed by atoms with van der Waals surface area (Å²) in [5.74, 6) is 0.686. The van der Waals surface area contributed by atoms with Gasteiger partial charge < -0.3 is 9.47 Å². The number of hydrogen-bond donors (Lipinski definition) is 0. The fourth-order valence-corrected chi connectivity index (χ4v) is 4.99. The summed E-state index contributed by atoms with van der Waals surface area (Å²) < 4.78 is 39.2. The molecule has 29 heavy (non-hydrogen) atoms. The Hall–Kier alpha value is -1.89. The van der Waals surface area contributed by atoms with E-state index in [4.69, 9.17) is 9.47 Å². The number of aryl methyl sites for hydroxylation is 2. The fourth-order valence-electron chi connectivity index (χ4n) is 3.38. The van der Waals surface area contributed by atoms with Crippen molar-refractivity contribution >= 4 is 15.7 Å². The van der Waals surface area contributed by atoms with E-state index < -0.39 is 10.0 Å². The van der Waals surface area contributed by atoms with Gasteiger partial charge in [-0.15, -0.1) is 0 Å². The smallest absolute Gasteiger partial charge is 0.264 e. The molecule has 0 N–H and O–H groups in total. The lowest BCUT2D eigenvalue weighted by atomic mass is 10.1. The molecule has 0 aromatic heterocycles. The number of ether oxygens (including phenoxy) is 2. The summed E-state index contributed by atoms with van der Waals surface area (Å²) in [6.45, 7) is 11.1. The van der Waals surface area contributed by atoms with Gasteiger partial charge in [0.05, 0.1) is 37.0 Å². The van der Waals surface area contributed by atoms with Crippen LogP contribution in [0.15, 0.2) is 47.4 Å². The van der Waals surface area contributed by atoms with E-state index in [0.29, 0.717) is 36.3 Å². The summed E-state index contributed by atoms with van der Waals surface area (Å²) in [4.78, 5) is 0.299. The van der Waals surface area contributed by atoms with Crippen LogP contribution in [0.5, 0.6) is 0 Å². The van der Waals surface area contributed by atoms with E-state index >= 15 is 0 Å². The fraction of sp³-hybridized carbons (Fsp3) is 0.478. The molecule has 3 rings (SSSR count). The predicted molar refractivity (Wildman–Crippen MR) is 116 cm³/mol. The molecule has 0 amide bonds.